The van der Waals surface area contributed by atoms with Crippen LogP contribution in [0.4, 0.5) is 10.1 Å². The highest BCUT2D eigenvalue weighted by Gasteiger charge is 2.33. The second-order valence-corrected chi connectivity index (χ2v) is 6.34. The molecule has 0 aliphatic carbocycles. The van der Waals surface area contributed by atoms with E-state index in [9.17, 15) is 9.18 Å². The average molecular weight is 342 g/mol. The van der Waals surface area contributed by atoms with Gasteiger partial charge in [-0.2, -0.15) is 0 Å². The second-order valence-electron chi connectivity index (χ2n) is 6.34. The van der Waals surface area contributed by atoms with Crippen molar-refractivity contribution >= 4 is 11.6 Å². The van der Waals surface area contributed by atoms with Gasteiger partial charge in [0.1, 0.15) is 11.6 Å². The molecule has 3 rings (SSSR count). The van der Waals surface area contributed by atoms with Crippen molar-refractivity contribution in [2.45, 2.75) is 31.8 Å². The Labute approximate surface area is 147 Å². The van der Waals surface area contributed by atoms with E-state index in [0.717, 1.165) is 25.1 Å². The van der Waals surface area contributed by atoms with Crippen LogP contribution >= 0.6 is 0 Å². The first-order chi connectivity index (χ1) is 12.1. The molecule has 1 aliphatic rings. The highest BCUT2D eigenvalue weighted by molar-refractivity contribution is 5.94. The molecule has 132 valence electrons. The van der Waals surface area contributed by atoms with Crippen molar-refractivity contribution in [2.75, 3.05) is 19.0 Å². The summed E-state index contributed by atoms with van der Waals surface area (Å²) in [6.45, 7) is 2.77. The Balaban J connectivity index is 1.71. The number of carbonyl (C=O) groups excluding carboxylic acids is 1. The van der Waals surface area contributed by atoms with E-state index < -0.39 is 0 Å². The highest BCUT2D eigenvalue weighted by Crippen LogP contribution is 2.34. The fourth-order valence-corrected chi connectivity index (χ4v) is 3.40. The lowest BCUT2D eigenvalue weighted by atomic mass is 10.0. The van der Waals surface area contributed by atoms with Gasteiger partial charge in [-0.3, -0.25) is 9.69 Å². The Kier molecular flexibility index (Phi) is 5.34. The zero-order valence-corrected chi connectivity index (χ0v) is 14.5. The molecule has 0 radical (unpaired) electrons. The van der Waals surface area contributed by atoms with E-state index in [1.54, 1.807) is 19.2 Å². The second kappa shape index (κ2) is 7.66. The Morgan fingerprint density at radius 1 is 1.28 bits per heavy atom. The van der Waals surface area contributed by atoms with Gasteiger partial charge in [-0.05, 0) is 62.2 Å². The van der Waals surface area contributed by atoms with Gasteiger partial charge in [-0.1, -0.05) is 18.2 Å². The van der Waals surface area contributed by atoms with Crippen LogP contribution in [-0.2, 0) is 4.79 Å². The summed E-state index contributed by atoms with van der Waals surface area (Å²) in [5, 5.41) is 2.81. The average Bonchev–Trinajstić information content (AvgIpc) is 3.10. The van der Waals surface area contributed by atoms with Crippen molar-refractivity contribution in [3.63, 3.8) is 0 Å². The SMILES string of the molecule is COc1ccc(C2CCCN2C(C)C(=O)Nc2cccc(F)c2)cc1. The van der Waals surface area contributed by atoms with Crippen LogP contribution < -0.4 is 10.1 Å². The number of likely N-dealkylation sites (tertiary alicyclic amines) is 1. The maximum atomic E-state index is 13.3. The fraction of sp³-hybridized carbons (Fsp3) is 0.350. The van der Waals surface area contributed by atoms with Gasteiger partial charge < -0.3 is 10.1 Å². The van der Waals surface area contributed by atoms with E-state index in [1.807, 2.05) is 19.1 Å². The molecular formula is C20H23FN2O2. The summed E-state index contributed by atoms with van der Waals surface area (Å²) in [7, 11) is 1.65. The molecule has 2 aromatic rings. The summed E-state index contributed by atoms with van der Waals surface area (Å²) in [5.74, 6) is 0.346. The van der Waals surface area contributed by atoms with Crippen LogP contribution in [0.3, 0.4) is 0 Å². The first-order valence-electron chi connectivity index (χ1n) is 8.54. The molecule has 0 saturated carbocycles. The Hall–Kier alpha value is -2.40. The number of methoxy groups -OCH3 is 1. The molecule has 2 atom stereocenters. The monoisotopic (exact) mass is 342 g/mol. The van der Waals surface area contributed by atoms with E-state index >= 15 is 0 Å². The summed E-state index contributed by atoms with van der Waals surface area (Å²) in [5.41, 5.74) is 1.67. The van der Waals surface area contributed by atoms with Gasteiger partial charge in [0.05, 0.1) is 13.2 Å². The number of nitrogens with one attached hydrogen (secondary N) is 1. The summed E-state index contributed by atoms with van der Waals surface area (Å²) in [6.07, 6.45) is 2.07. The van der Waals surface area contributed by atoms with Crippen molar-refractivity contribution < 1.29 is 13.9 Å². The van der Waals surface area contributed by atoms with Gasteiger partial charge in [-0.15, -0.1) is 0 Å². The lowest BCUT2D eigenvalue weighted by Crippen LogP contribution is -2.41. The topological polar surface area (TPSA) is 41.6 Å². The maximum absolute atomic E-state index is 13.3. The molecule has 0 aromatic heterocycles. The molecule has 1 saturated heterocycles. The normalized spacial score (nSPS) is 18.8. The molecule has 1 amide bonds. The number of amides is 1. The van der Waals surface area contributed by atoms with Crippen LogP contribution in [0.5, 0.6) is 5.75 Å². The third-order valence-corrected chi connectivity index (χ3v) is 4.76. The Bertz CT molecular complexity index is 733. The predicted molar refractivity (Wildman–Crippen MR) is 96.2 cm³/mol. The number of hydrogen-bond donors (Lipinski definition) is 1. The maximum Gasteiger partial charge on any atom is 0.241 e. The summed E-state index contributed by atoms with van der Waals surface area (Å²) in [6, 6.07) is 13.9. The smallest absolute Gasteiger partial charge is 0.241 e. The van der Waals surface area contributed by atoms with E-state index in [-0.39, 0.29) is 23.8 Å². The number of carbonyl (C=O) groups is 1. The number of nitrogens with zero attached hydrogens (tertiary/aromatic N) is 1. The van der Waals surface area contributed by atoms with Crippen LogP contribution in [-0.4, -0.2) is 30.5 Å². The van der Waals surface area contributed by atoms with Crippen molar-refractivity contribution in [2.24, 2.45) is 0 Å². The Morgan fingerprint density at radius 2 is 2.04 bits per heavy atom. The molecular weight excluding hydrogens is 319 g/mol. The van der Waals surface area contributed by atoms with E-state index in [4.69, 9.17) is 4.74 Å². The van der Waals surface area contributed by atoms with Gasteiger partial charge in [0.25, 0.3) is 0 Å². The molecule has 25 heavy (non-hydrogen) atoms. The minimum atomic E-state index is -0.359. The minimum Gasteiger partial charge on any atom is -0.497 e. The van der Waals surface area contributed by atoms with Crippen LogP contribution in [0.1, 0.15) is 31.4 Å². The summed E-state index contributed by atoms with van der Waals surface area (Å²) in [4.78, 5) is 14.8. The third-order valence-electron chi connectivity index (χ3n) is 4.76. The van der Waals surface area contributed by atoms with Crippen molar-refractivity contribution in [1.29, 1.82) is 0 Å². The number of ether oxygens (including phenoxy) is 1. The quantitative estimate of drug-likeness (QED) is 0.893. The lowest BCUT2D eigenvalue weighted by Gasteiger charge is -2.30. The molecule has 0 spiro atoms. The zero-order valence-electron chi connectivity index (χ0n) is 14.5. The van der Waals surface area contributed by atoms with E-state index in [1.165, 1.54) is 17.7 Å². The summed E-state index contributed by atoms with van der Waals surface area (Å²) >= 11 is 0. The number of hydrogen-bond acceptors (Lipinski definition) is 3. The molecule has 2 unspecified atom stereocenters. The van der Waals surface area contributed by atoms with Crippen LogP contribution in [0.15, 0.2) is 48.5 Å². The lowest BCUT2D eigenvalue weighted by molar-refractivity contribution is -0.121. The standard InChI is InChI=1S/C20H23FN2O2/c1-14(20(24)22-17-6-3-5-16(21)13-17)23-12-4-7-19(23)15-8-10-18(25-2)11-9-15/h3,5-6,8-11,13-14,19H,4,7,12H2,1-2H3,(H,22,24). The van der Waals surface area contributed by atoms with Crippen molar-refractivity contribution in [3.05, 3.63) is 59.9 Å². The number of benzene rings is 2. The van der Waals surface area contributed by atoms with Gasteiger partial charge in [0.2, 0.25) is 5.91 Å². The number of anilines is 1. The molecule has 2 aromatic carbocycles. The third kappa shape index (κ3) is 3.99. The molecule has 1 fully saturated rings. The van der Waals surface area contributed by atoms with Crippen LogP contribution in [0, 0.1) is 5.82 Å². The van der Waals surface area contributed by atoms with Crippen LogP contribution in [0.2, 0.25) is 0 Å². The number of halogens is 1. The molecule has 5 heteroatoms. The molecule has 1 aliphatic heterocycles. The van der Waals surface area contributed by atoms with Gasteiger partial charge >= 0.3 is 0 Å². The van der Waals surface area contributed by atoms with E-state index in [0.29, 0.717) is 5.69 Å². The summed E-state index contributed by atoms with van der Waals surface area (Å²) < 4.78 is 18.5. The first kappa shape index (κ1) is 17.4. The predicted octanol–water partition coefficient (Wildman–Crippen LogP) is 4.00. The van der Waals surface area contributed by atoms with Gasteiger partial charge in [0, 0.05) is 11.7 Å². The Morgan fingerprint density at radius 3 is 2.72 bits per heavy atom. The minimum absolute atomic E-state index is 0.119. The zero-order chi connectivity index (χ0) is 17.8. The van der Waals surface area contributed by atoms with E-state index in [2.05, 4.69) is 22.3 Å². The number of rotatable bonds is 5. The van der Waals surface area contributed by atoms with Crippen molar-refractivity contribution in [1.82, 2.24) is 4.90 Å². The van der Waals surface area contributed by atoms with Crippen molar-refractivity contribution in [3.8, 4) is 5.75 Å². The van der Waals surface area contributed by atoms with Gasteiger partial charge in [0.15, 0.2) is 0 Å². The first-order valence-corrected chi connectivity index (χ1v) is 8.54. The fourth-order valence-electron chi connectivity index (χ4n) is 3.40. The molecule has 0 bridgehead atoms. The molecule has 4 nitrogen and oxygen atoms in total. The largest absolute Gasteiger partial charge is 0.497 e. The highest BCUT2D eigenvalue weighted by atomic mass is 19.1. The molecule has 1 N–H and O–H groups in total. The van der Waals surface area contributed by atoms with Crippen LogP contribution in [0.25, 0.3) is 0 Å². The van der Waals surface area contributed by atoms with Gasteiger partial charge in [-0.25, -0.2) is 4.39 Å². The molecule has 1 heterocycles.